The molecule has 1 amide bonds. The first-order valence-corrected chi connectivity index (χ1v) is 15.8. The van der Waals surface area contributed by atoms with Gasteiger partial charge >= 0.3 is 0 Å². The third-order valence-corrected chi connectivity index (χ3v) is 9.62. The van der Waals surface area contributed by atoms with Crippen LogP contribution in [0.2, 0.25) is 5.02 Å². The number of nitriles is 1. The lowest BCUT2D eigenvalue weighted by Gasteiger charge is -2.17. The summed E-state index contributed by atoms with van der Waals surface area (Å²) in [4.78, 5) is 17.4. The van der Waals surface area contributed by atoms with Gasteiger partial charge in [0.1, 0.15) is 35.7 Å². The first-order chi connectivity index (χ1) is 19.8. The van der Waals surface area contributed by atoms with Crippen LogP contribution in [0.1, 0.15) is 18.1 Å². The molecule has 12 heteroatoms. The molecule has 0 spiro atoms. The Morgan fingerprint density at radius 1 is 1.24 bits per heavy atom. The summed E-state index contributed by atoms with van der Waals surface area (Å²) in [5, 5.41) is 16.9. The van der Waals surface area contributed by atoms with Gasteiger partial charge in [-0.3, -0.25) is 9.78 Å². The third kappa shape index (κ3) is 6.80. The molecule has 0 saturated carbocycles. The Morgan fingerprint density at radius 3 is 2.80 bits per heavy atom. The van der Waals surface area contributed by atoms with Crippen molar-refractivity contribution in [1.29, 1.82) is 5.26 Å². The number of ether oxygens (including phenoxy) is 2. The van der Waals surface area contributed by atoms with Gasteiger partial charge in [0, 0.05) is 33.5 Å². The maximum absolute atomic E-state index is 13.5. The first-order valence-electron chi connectivity index (χ1n) is 12.6. The number of anilines is 3. The highest BCUT2D eigenvalue weighted by molar-refractivity contribution is 8.72. The number of benzene rings is 3. The van der Waals surface area contributed by atoms with Crippen LogP contribution in [0.4, 0.5) is 21.5 Å². The highest BCUT2D eigenvalue weighted by atomic mass is 35.5. The van der Waals surface area contributed by atoms with E-state index in [0.29, 0.717) is 68.2 Å². The van der Waals surface area contributed by atoms with Crippen molar-refractivity contribution >= 4 is 66.5 Å². The highest BCUT2D eigenvalue weighted by Crippen LogP contribution is 2.38. The summed E-state index contributed by atoms with van der Waals surface area (Å²) in [6, 6.07) is 16.8. The maximum atomic E-state index is 13.5. The summed E-state index contributed by atoms with van der Waals surface area (Å²) in [6.07, 6.45) is 1.46. The number of pyridine rings is 1. The van der Waals surface area contributed by atoms with Crippen LogP contribution in [0.25, 0.3) is 10.9 Å². The Bertz CT molecular complexity index is 1650. The zero-order valence-corrected chi connectivity index (χ0v) is 24.2. The molecule has 2 atom stereocenters. The molecule has 1 aromatic heterocycles. The standard InChI is InChI=1S/C29H24ClFN4O4S2/c1-2-38-27-11-24-22(10-25(27)35-29(36)19-15-40-41(37)16-19)28(18(12-32)13-33-24)34-21-6-7-26(23(30)9-21)39-14-17-4-3-5-20(31)8-17/h3-11,13,19H,2,14-16H2,1H3,(H,33,34)(H,35,36). The number of hydrogen-bond acceptors (Lipinski definition) is 8. The molecule has 2 N–H and O–H groups in total. The minimum atomic E-state index is -1.08. The fraction of sp³-hybridized carbons (Fsp3) is 0.207. The lowest BCUT2D eigenvalue weighted by atomic mass is 10.1. The number of nitrogens with one attached hydrogen (secondary N) is 2. The molecule has 2 unspecified atom stereocenters. The fourth-order valence-electron chi connectivity index (χ4n) is 4.24. The van der Waals surface area contributed by atoms with E-state index in [9.17, 15) is 19.0 Å². The summed E-state index contributed by atoms with van der Waals surface area (Å²) in [5.41, 5.74) is 2.97. The number of nitrogens with zero attached hydrogens (tertiary/aromatic N) is 2. The smallest absolute Gasteiger partial charge is 0.233 e. The van der Waals surface area contributed by atoms with Crippen LogP contribution < -0.4 is 20.1 Å². The normalized spacial score (nSPS) is 16.3. The van der Waals surface area contributed by atoms with Crippen LogP contribution in [-0.2, 0) is 21.6 Å². The van der Waals surface area contributed by atoms with E-state index < -0.39 is 10.2 Å². The minimum Gasteiger partial charge on any atom is -0.605 e. The van der Waals surface area contributed by atoms with Gasteiger partial charge in [0.05, 0.1) is 56.5 Å². The number of aromatic nitrogens is 1. The lowest BCUT2D eigenvalue weighted by molar-refractivity contribution is -0.118. The number of carbonyl (C=O) groups excluding carboxylic acids is 1. The Morgan fingerprint density at radius 2 is 2.10 bits per heavy atom. The molecule has 0 bridgehead atoms. The van der Waals surface area contributed by atoms with Crippen molar-refractivity contribution in [1.82, 2.24) is 4.98 Å². The van der Waals surface area contributed by atoms with Crippen molar-refractivity contribution in [2.75, 3.05) is 28.7 Å². The van der Waals surface area contributed by atoms with Crippen molar-refractivity contribution in [3.05, 3.63) is 82.8 Å². The van der Waals surface area contributed by atoms with Crippen molar-refractivity contribution in [3.63, 3.8) is 0 Å². The third-order valence-electron chi connectivity index (χ3n) is 6.24. The van der Waals surface area contributed by atoms with E-state index in [1.54, 1.807) is 42.5 Å². The molecule has 2 heterocycles. The zero-order valence-electron chi connectivity index (χ0n) is 21.8. The number of carbonyl (C=O) groups is 1. The first kappa shape index (κ1) is 28.8. The molecule has 0 radical (unpaired) electrons. The summed E-state index contributed by atoms with van der Waals surface area (Å²) in [6.45, 7) is 2.34. The molecule has 1 saturated heterocycles. The van der Waals surface area contributed by atoms with Crippen LogP contribution in [-0.4, -0.2) is 33.6 Å². The molecule has 41 heavy (non-hydrogen) atoms. The topological polar surface area (TPSA) is 119 Å². The van der Waals surface area contributed by atoms with Gasteiger partial charge in [-0.1, -0.05) is 23.7 Å². The Hall–Kier alpha value is -3.69. The van der Waals surface area contributed by atoms with E-state index in [0.717, 1.165) is 0 Å². The number of rotatable bonds is 9. The predicted molar refractivity (Wildman–Crippen MR) is 161 cm³/mol. The average molecular weight is 611 g/mol. The quantitative estimate of drug-likeness (QED) is 0.161. The van der Waals surface area contributed by atoms with Gasteiger partial charge in [-0.05, 0) is 48.9 Å². The fourth-order valence-corrected chi connectivity index (χ4v) is 7.64. The SMILES string of the molecule is CCOc1cc2ncc(C#N)c(Nc3ccc(OCc4cccc(F)c4)c(Cl)c3)c2cc1NC(=O)C1CS[S+]([O-])C1. The van der Waals surface area contributed by atoms with Crippen molar-refractivity contribution in [2.24, 2.45) is 5.92 Å². The molecular weight excluding hydrogens is 587 g/mol. The predicted octanol–water partition coefficient (Wildman–Crippen LogP) is 6.59. The van der Waals surface area contributed by atoms with Crippen LogP contribution >= 0.6 is 22.4 Å². The number of hydrogen-bond donors (Lipinski definition) is 2. The number of halogens is 2. The van der Waals surface area contributed by atoms with E-state index in [1.807, 2.05) is 6.92 Å². The van der Waals surface area contributed by atoms with E-state index in [1.165, 1.54) is 29.1 Å². The Kier molecular flexibility index (Phi) is 9.05. The van der Waals surface area contributed by atoms with Gasteiger partial charge in [0.15, 0.2) is 0 Å². The van der Waals surface area contributed by atoms with Gasteiger partial charge in [-0.15, -0.1) is 0 Å². The molecule has 0 aliphatic carbocycles. The molecule has 1 aliphatic rings. The summed E-state index contributed by atoms with van der Waals surface area (Å²) >= 11 is 6.49. The number of amides is 1. The van der Waals surface area contributed by atoms with Crippen molar-refractivity contribution in [2.45, 2.75) is 13.5 Å². The Labute approximate surface area is 247 Å². The molecule has 1 fully saturated rings. The van der Waals surface area contributed by atoms with Crippen LogP contribution in [0.5, 0.6) is 11.5 Å². The van der Waals surface area contributed by atoms with E-state index in [4.69, 9.17) is 21.1 Å². The largest absolute Gasteiger partial charge is 0.605 e. The molecule has 8 nitrogen and oxygen atoms in total. The second-order valence-electron chi connectivity index (χ2n) is 9.09. The van der Waals surface area contributed by atoms with Crippen LogP contribution in [0.15, 0.2) is 60.8 Å². The van der Waals surface area contributed by atoms with Crippen LogP contribution in [0, 0.1) is 23.1 Å². The molecule has 210 valence electrons. The van der Waals surface area contributed by atoms with Gasteiger partial charge in [-0.25, -0.2) is 4.39 Å². The van der Waals surface area contributed by atoms with E-state index in [2.05, 4.69) is 21.7 Å². The summed E-state index contributed by atoms with van der Waals surface area (Å²) in [5.74, 6) is 0.652. The molecule has 1 aliphatic heterocycles. The summed E-state index contributed by atoms with van der Waals surface area (Å²) < 4.78 is 36.8. The Balaban J connectivity index is 1.44. The minimum absolute atomic E-state index is 0.143. The van der Waals surface area contributed by atoms with Crippen molar-refractivity contribution < 1.29 is 23.2 Å². The van der Waals surface area contributed by atoms with Gasteiger partial charge in [-0.2, -0.15) is 5.26 Å². The molecule has 5 rings (SSSR count). The van der Waals surface area contributed by atoms with Crippen LogP contribution in [0.3, 0.4) is 0 Å². The second kappa shape index (κ2) is 12.9. The van der Waals surface area contributed by atoms with Gasteiger partial charge in [0.25, 0.3) is 0 Å². The monoisotopic (exact) mass is 610 g/mol. The average Bonchev–Trinajstić information content (AvgIpc) is 3.40. The van der Waals surface area contributed by atoms with E-state index >= 15 is 0 Å². The van der Waals surface area contributed by atoms with Gasteiger partial charge in [0.2, 0.25) is 5.91 Å². The lowest BCUT2D eigenvalue weighted by Crippen LogP contribution is -2.25. The molecule has 4 aromatic rings. The van der Waals surface area contributed by atoms with E-state index in [-0.39, 0.29) is 29.8 Å². The second-order valence-corrected chi connectivity index (χ2v) is 12.8. The number of fused-ring (bicyclic) bond motifs is 1. The zero-order chi connectivity index (χ0) is 28.9. The summed E-state index contributed by atoms with van der Waals surface area (Å²) in [7, 11) is 0.188. The maximum Gasteiger partial charge on any atom is 0.233 e. The molecule has 3 aromatic carbocycles. The highest BCUT2D eigenvalue weighted by Gasteiger charge is 2.34. The van der Waals surface area contributed by atoms with Gasteiger partial charge < -0.3 is 24.7 Å². The molecular formula is C29H24ClFN4O4S2. The van der Waals surface area contributed by atoms with Crippen molar-refractivity contribution in [3.8, 4) is 17.6 Å².